The van der Waals surface area contributed by atoms with Crippen LogP contribution in [0.2, 0.25) is 0 Å². The molecule has 0 aliphatic rings. The van der Waals surface area contributed by atoms with Crippen molar-refractivity contribution in [1.82, 2.24) is 10.6 Å². The number of unbranched alkanes of at least 4 members (excludes halogenated alkanes) is 6. The van der Waals surface area contributed by atoms with Crippen LogP contribution in [-0.4, -0.2) is 55.4 Å². The fraction of sp³-hybridized carbons (Fsp3) is 0.278. The second-order valence-electron chi connectivity index (χ2n) is 21.7. The van der Waals surface area contributed by atoms with Crippen molar-refractivity contribution in [3.05, 3.63) is 239 Å². The number of halogens is 2. The molecule has 0 aromatic heterocycles. The van der Waals surface area contributed by atoms with Gasteiger partial charge in [-0.2, -0.15) is 0 Å². The van der Waals surface area contributed by atoms with Gasteiger partial charge in [0.05, 0.1) is 0 Å². The highest BCUT2D eigenvalue weighted by Gasteiger charge is 2.25. The van der Waals surface area contributed by atoms with E-state index in [4.69, 9.17) is 53.6 Å². The minimum absolute atomic E-state index is 0.0325. The van der Waals surface area contributed by atoms with E-state index in [0.717, 1.165) is 85.5 Å². The molecule has 0 radical (unpaired) electrons. The van der Waals surface area contributed by atoms with Crippen molar-refractivity contribution in [2.24, 2.45) is 11.5 Å². The van der Waals surface area contributed by atoms with Crippen molar-refractivity contribution in [3.8, 4) is 46.0 Å². The molecular weight excluding hydrogens is 1120 g/mol. The van der Waals surface area contributed by atoms with E-state index in [9.17, 15) is 19.2 Å². The summed E-state index contributed by atoms with van der Waals surface area (Å²) in [7, 11) is 1.97. The van der Waals surface area contributed by atoms with E-state index in [1.165, 1.54) is 19.3 Å². The van der Waals surface area contributed by atoms with E-state index >= 15 is 0 Å². The number of carbonyl (C=O) groups excluding carboxylic acids is 4. The largest absolute Gasteiger partial charge is 0.457 e. The molecule has 8 aromatic carbocycles. The second-order valence-corrected chi connectivity index (χ2v) is 22.4. The molecule has 0 saturated carbocycles. The summed E-state index contributed by atoms with van der Waals surface area (Å²) in [4.78, 5) is 46.3. The molecule has 0 atom stereocenters. The van der Waals surface area contributed by atoms with Gasteiger partial charge in [0.15, 0.2) is 5.78 Å². The molecule has 86 heavy (non-hydrogen) atoms. The van der Waals surface area contributed by atoms with Gasteiger partial charge in [0.1, 0.15) is 46.0 Å². The van der Waals surface area contributed by atoms with E-state index in [0.29, 0.717) is 63.3 Å². The number of ether oxygens (including phenoxy) is 4. The normalized spacial score (nSPS) is 11.0. The third-order valence-electron chi connectivity index (χ3n) is 14.6. The van der Waals surface area contributed by atoms with Gasteiger partial charge in [-0.1, -0.05) is 102 Å². The highest BCUT2D eigenvalue weighted by Crippen LogP contribution is 2.37. The highest BCUT2D eigenvalue weighted by atomic mass is 35.5. The maximum atomic E-state index is 12.5. The molecule has 0 aliphatic heterocycles. The van der Waals surface area contributed by atoms with Gasteiger partial charge in [0, 0.05) is 39.6 Å². The third kappa shape index (κ3) is 21.1. The van der Waals surface area contributed by atoms with Crippen LogP contribution in [0.5, 0.6) is 46.0 Å². The van der Waals surface area contributed by atoms with Crippen LogP contribution in [0, 0.1) is 0 Å². The molecule has 0 fully saturated rings. The summed E-state index contributed by atoms with van der Waals surface area (Å²) in [5.41, 5.74) is 16.8. The molecule has 6 N–H and O–H groups in total. The molecule has 0 saturated heterocycles. The van der Waals surface area contributed by atoms with Gasteiger partial charge < -0.3 is 41.0 Å². The number of rotatable bonds is 28. The Hall–Kier alpha value is -8.10. The van der Waals surface area contributed by atoms with Gasteiger partial charge in [-0.15, -0.1) is 0 Å². The zero-order chi connectivity index (χ0) is 61.9. The summed E-state index contributed by atoms with van der Waals surface area (Å²) >= 11 is 11.0. The lowest BCUT2D eigenvalue weighted by Crippen LogP contribution is -2.24. The van der Waals surface area contributed by atoms with Crippen LogP contribution in [0.15, 0.2) is 194 Å². The number of carbonyl (C=O) groups is 4. The molecule has 8 rings (SSSR count). The molecule has 0 aliphatic carbocycles. The maximum absolute atomic E-state index is 12.5. The van der Waals surface area contributed by atoms with Crippen LogP contribution < -0.4 is 41.0 Å². The van der Waals surface area contributed by atoms with Crippen LogP contribution in [0.3, 0.4) is 0 Å². The Kier molecular flexibility index (Phi) is 26.6. The molecule has 12 nitrogen and oxygen atoms in total. The Morgan fingerprint density at radius 3 is 0.860 bits per heavy atom. The van der Waals surface area contributed by atoms with Gasteiger partial charge in [-0.05, 0) is 250 Å². The van der Waals surface area contributed by atoms with Crippen molar-refractivity contribution < 1.29 is 38.1 Å². The minimum atomic E-state index is -0.499. The number of amides is 1. The van der Waals surface area contributed by atoms with Gasteiger partial charge >= 0.3 is 0 Å². The van der Waals surface area contributed by atoms with Gasteiger partial charge in [-0.25, -0.2) is 0 Å². The Labute approximate surface area is 517 Å². The second kappa shape index (κ2) is 34.1. The van der Waals surface area contributed by atoms with Crippen molar-refractivity contribution in [1.29, 1.82) is 0 Å². The molecule has 14 heteroatoms. The first kappa shape index (κ1) is 67.0. The van der Waals surface area contributed by atoms with Crippen molar-refractivity contribution >= 4 is 45.4 Å². The molecule has 8 aromatic rings. The fourth-order valence-corrected chi connectivity index (χ4v) is 9.35. The van der Waals surface area contributed by atoms with Gasteiger partial charge in [0.2, 0.25) is 0 Å². The standard InChI is InChI=1S/C37H42N2O4.C29H22Cl2O4.C6H16N2/c1-27(40)28-9-17-32(18-10-28)42-34-21-13-30(14-22-34)37(2,3)31-15-23-35(24-16-31)43-33-19-11-29(12-20-33)36(41)39-26-8-6-5-7-25-38-4;1-29(2,21-7-15-25(16-8-21)34-23-11-3-19(4-12-23)27(30)32)22-9-17-26(18-10-22)35-24-13-5-20(6-14-24)28(31)33;7-5-3-1-2-4-6-8/h9-24,38H,5-8,25-26H2,1-4H3,(H,39,41);3-18H,1-2H3;1-8H2. The van der Waals surface area contributed by atoms with Gasteiger partial charge in [0.25, 0.3) is 16.4 Å². The Bertz CT molecular complexity index is 3240. The van der Waals surface area contributed by atoms with Crippen LogP contribution in [0.25, 0.3) is 0 Å². The lowest BCUT2D eigenvalue weighted by atomic mass is 9.78. The van der Waals surface area contributed by atoms with E-state index in [1.807, 2.05) is 92.0 Å². The lowest BCUT2D eigenvalue weighted by Gasteiger charge is -2.26. The zero-order valence-electron chi connectivity index (χ0n) is 50.1. The third-order valence-corrected chi connectivity index (χ3v) is 15.0. The maximum Gasteiger partial charge on any atom is 0.252 e. The highest BCUT2D eigenvalue weighted by molar-refractivity contribution is 6.68. The van der Waals surface area contributed by atoms with Crippen molar-refractivity contribution in [2.75, 3.05) is 33.2 Å². The summed E-state index contributed by atoms with van der Waals surface area (Å²) in [6.07, 6.45) is 9.23. The molecule has 1 amide bonds. The average Bonchev–Trinajstić information content (AvgIpc) is 2.95. The summed E-state index contributed by atoms with van der Waals surface area (Å²) in [5.74, 6) is 5.44. The average molecular weight is 1200 g/mol. The van der Waals surface area contributed by atoms with Crippen LogP contribution in [0.4, 0.5) is 0 Å². The molecule has 0 bridgehead atoms. The Balaban J connectivity index is 0.000000248. The summed E-state index contributed by atoms with van der Waals surface area (Å²) in [6.45, 7) is 13.6. The molecule has 450 valence electrons. The van der Waals surface area contributed by atoms with E-state index in [1.54, 1.807) is 91.9 Å². The number of hydrogen-bond acceptors (Lipinski definition) is 11. The number of nitrogens with one attached hydrogen (secondary N) is 2. The molecule has 0 unspecified atom stereocenters. The van der Waals surface area contributed by atoms with Crippen LogP contribution >= 0.6 is 23.2 Å². The number of ketones is 1. The fourth-order valence-electron chi connectivity index (χ4n) is 9.10. The predicted molar refractivity (Wildman–Crippen MR) is 348 cm³/mol. The number of nitrogens with two attached hydrogens (primary N) is 2. The lowest BCUT2D eigenvalue weighted by molar-refractivity contribution is 0.0951. The quantitative estimate of drug-likeness (QED) is 0.0208. The SMILES string of the molecule is CC(C)(c1ccc(Oc2ccc(C(=O)Cl)cc2)cc1)c1ccc(Oc2ccc(C(=O)Cl)cc2)cc1.CNCCCCCCNC(=O)c1ccc(Oc2ccc(C(C)(C)c3ccc(Oc4ccc(C(C)=O)cc4)cc3)cc2)cc1.NCCCCCCN. The first-order chi connectivity index (χ1) is 41.4. The number of benzene rings is 8. The summed E-state index contributed by atoms with van der Waals surface area (Å²) in [6, 6.07) is 59.8. The van der Waals surface area contributed by atoms with E-state index in [2.05, 4.69) is 62.6 Å². The van der Waals surface area contributed by atoms with Crippen LogP contribution in [-0.2, 0) is 10.8 Å². The molecule has 0 heterocycles. The zero-order valence-corrected chi connectivity index (χ0v) is 51.6. The smallest absolute Gasteiger partial charge is 0.252 e. The first-order valence-corrected chi connectivity index (χ1v) is 29.9. The van der Waals surface area contributed by atoms with Crippen LogP contribution in [0.1, 0.15) is 150 Å². The monoisotopic (exact) mass is 1200 g/mol. The molecule has 0 spiro atoms. The Morgan fingerprint density at radius 1 is 0.360 bits per heavy atom. The Morgan fingerprint density at radius 2 is 0.605 bits per heavy atom. The van der Waals surface area contributed by atoms with Crippen molar-refractivity contribution in [3.63, 3.8) is 0 Å². The first-order valence-electron chi connectivity index (χ1n) is 29.2. The van der Waals surface area contributed by atoms with Crippen molar-refractivity contribution in [2.45, 2.75) is 96.8 Å². The summed E-state index contributed by atoms with van der Waals surface area (Å²) < 4.78 is 23.8. The topological polar surface area (TPSA) is 181 Å². The van der Waals surface area contributed by atoms with E-state index in [-0.39, 0.29) is 22.5 Å². The predicted octanol–water partition coefficient (Wildman–Crippen LogP) is 17.1. The summed E-state index contributed by atoms with van der Waals surface area (Å²) in [5, 5.41) is 5.15. The molecular formula is C72H80Cl2N4O8. The van der Waals surface area contributed by atoms with Gasteiger partial charge in [-0.3, -0.25) is 19.2 Å². The number of hydrogen-bond donors (Lipinski definition) is 4. The number of Topliss-reactive ketones (excluding diaryl/α,β-unsaturated/α-hetero) is 1. The van der Waals surface area contributed by atoms with E-state index < -0.39 is 10.5 Å². The minimum Gasteiger partial charge on any atom is -0.457 e.